The van der Waals surface area contributed by atoms with Crippen LogP contribution in [-0.2, 0) is 14.3 Å². The van der Waals surface area contributed by atoms with Crippen LogP contribution in [0.25, 0.3) is 0 Å². The van der Waals surface area contributed by atoms with Gasteiger partial charge in [0.1, 0.15) is 0 Å². The number of hydrogen-bond donors (Lipinski definition) is 1. The predicted molar refractivity (Wildman–Crippen MR) is 117 cm³/mol. The van der Waals surface area contributed by atoms with Gasteiger partial charge in [-0.25, -0.2) is 0 Å². The van der Waals surface area contributed by atoms with E-state index in [4.69, 9.17) is 15.2 Å². The molecule has 0 unspecified atom stereocenters. The minimum absolute atomic E-state index is 0.455. The molecule has 28 heavy (non-hydrogen) atoms. The number of carbonyl (C=O) groups excluding carboxylic acids is 1. The molecule has 0 aliphatic carbocycles. The molecule has 0 aromatic heterocycles. The van der Waals surface area contributed by atoms with Gasteiger partial charge in [0.05, 0.1) is 13.2 Å². The second-order valence-corrected chi connectivity index (χ2v) is 8.57. The fraction of sp³-hybridized carbons (Fsp3) is 0.958. The Hall–Kier alpha value is -0.610. The predicted octanol–water partition coefficient (Wildman–Crippen LogP) is 6.65. The molecule has 1 heterocycles. The number of primary amides is 1. The van der Waals surface area contributed by atoms with E-state index >= 15 is 0 Å². The average Bonchev–Trinajstić information content (AvgIpc) is 2.81. The fourth-order valence-corrected chi connectivity index (χ4v) is 4.04. The second-order valence-electron chi connectivity index (χ2n) is 8.57. The molecule has 0 aromatic rings. The Morgan fingerprint density at radius 3 is 1.46 bits per heavy atom. The van der Waals surface area contributed by atoms with Gasteiger partial charge < -0.3 is 15.2 Å². The molecular formula is C24H47NO3. The molecule has 166 valence electrons. The highest BCUT2D eigenvalue weighted by atomic mass is 16.7. The van der Waals surface area contributed by atoms with E-state index in [0.717, 1.165) is 38.5 Å². The van der Waals surface area contributed by atoms with Crippen LogP contribution < -0.4 is 5.73 Å². The van der Waals surface area contributed by atoms with Crippen LogP contribution in [0, 0.1) is 0 Å². The molecule has 0 aromatic carbocycles. The maximum absolute atomic E-state index is 12.0. The number of ether oxygens (including phenoxy) is 2. The molecule has 2 N–H and O–H groups in total. The van der Waals surface area contributed by atoms with E-state index < -0.39 is 11.7 Å². The van der Waals surface area contributed by atoms with Crippen molar-refractivity contribution in [1.82, 2.24) is 0 Å². The summed E-state index contributed by atoms with van der Waals surface area (Å²) in [4.78, 5) is 12.0. The summed E-state index contributed by atoms with van der Waals surface area (Å²) in [5.41, 5.74) is 5.64. The number of unbranched alkanes of at least 4 members (excludes halogenated alkanes) is 13. The number of amides is 1. The molecule has 0 radical (unpaired) electrons. The van der Waals surface area contributed by atoms with Gasteiger partial charge in [0.15, 0.2) is 0 Å². The summed E-state index contributed by atoms with van der Waals surface area (Å²) < 4.78 is 11.7. The van der Waals surface area contributed by atoms with Crippen LogP contribution in [0.5, 0.6) is 0 Å². The van der Waals surface area contributed by atoms with Crippen molar-refractivity contribution in [1.29, 1.82) is 0 Å². The minimum atomic E-state index is -1.18. The zero-order valence-electron chi connectivity index (χ0n) is 18.7. The molecule has 0 bridgehead atoms. The number of nitrogens with two attached hydrogens (primary N) is 1. The summed E-state index contributed by atoms with van der Waals surface area (Å²) in [5, 5.41) is 0. The van der Waals surface area contributed by atoms with E-state index in [0.29, 0.717) is 19.6 Å². The smallest absolute Gasteiger partial charge is 0.277 e. The first-order valence-electron chi connectivity index (χ1n) is 12.3. The molecule has 1 fully saturated rings. The first kappa shape index (κ1) is 25.4. The van der Waals surface area contributed by atoms with Crippen molar-refractivity contribution in [2.45, 2.75) is 135 Å². The third kappa shape index (κ3) is 12.1. The molecule has 4 nitrogen and oxygen atoms in total. The number of rotatable bonds is 16. The van der Waals surface area contributed by atoms with E-state index in [1.165, 1.54) is 77.0 Å². The quantitative estimate of drug-likeness (QED) is 0.297. The molecule has 0 saturated carbocycles. The third-order valence-electron chi connectivity index (χ3n) is 5.94. The van der Waals surface area contributed by atoms with Crippen molar-refractivity contribution < 1.29 is 14.3 Å². The van der Waals surface area contributed by atoms with Crippen LogP contribution in [0.3, 0.4) is 0 Å². The van der Waals surface area contributed by atoms with Crippen molar-refractivity contribution >= 4 is 5.91 Å². The van der Waals surface area contributed by atoms with Gasteiger partial charge in [0, 0.05) is 6.42 Å². The van der Waals surface area contributed by atoms with Crippen LogP contribution in [0.1, 0.15) is 129 Å². The van der Waals surface area contributed by atoms with Gasteiger partial charge in [-0.15, -0.1) is 0 Å². The highest BCUT2D eigenvalue weighted by Crippen LogP contribution is 2.25. The Morgan fingerprint density at radius 1 is 0.679 bits per heavy atom. The van der Waals surface area contributed by atoms with Crippen molar-refractivity contribution in [3.63, 3.8) is 0 Å². The maximum Gasteiger partial charge on any atom is 0.277 e. The van der Waals surface area contributed by atoms with Gasteiger partial charge >= 0.3 is 0 Å². The second kappa shape index (κ2) is 17.3. The van der Waals surface area contributed by atoms with Crippen molar-refractivity contribution in [3.8, 4) is 0 Å². The van der Waals surface area contributed by atoms with Crippen LogP contribution in [0.15, 0.2) is 0 Å². The molecule has 1 amide bonds. The summed E-state index contributed by atoms with van der Waals surface area (Å²) in [6.07, 6.45) is 23.3. The zero-order chi connectivity index (χ0) is 20.3. The Labute approximate surface area is 174 Å². The van der Waals surface area contributed by atoms with Crippen molar-refractivity contribution in [2.24, 2.45) is 5.73 Å². The van der Waals surface area contributed by atoms with Gasteiger partial charge in [-0.2, -0.15) is 0 Å². The summed E-state index contributed by atoms with van der Waals surface area (Å²) in [7, 11) is 0. The monoisotopic (exact) mass is 397 g/mol. The minimum Gasteiger partial charge on any atom is -0.365 e. The standard InChI is InChI=1S/C24H47NO3/c1-2-3-4-5-6-7-8-9-10-11-12-13-14-17-20-24(23(25)26)27-21-18-15-16-19-22-28-24/h2-22H2,1H3,(H2,25,26). The van der Waals surface area contributed by atoms with Gasteiger partial charge in [-0.3, -0.25) is 4.79 Å². The van der Waals surface area contributed by atoms with Gasteiger partial charge in [-0.1, -0.05) is 103 Å². The summed E-state index contributed by atoms with van der Waals surface area (Å²) in [6, 6.07) is 0. The largest absolute Gasteiger partial charge is 0.365 e. The number of hydrogen-bond acceptors (Lipinski definition) is 3. The number of carbonyl (C=O) groups is 1. The van der Waals surface area contributed by atoms with E-state index in [-0.39, 0.29) is 0 Å². The Bertz CT molecular complexity index is 363. The average molecular weight is 398 g/mol. The van der Waals surface area contributed by atoms with Gasteiger partial charge in [0.25, 0.3) is 5.91 Å². The van der Waals surface area contributed by atoms with Crippen molar-refractivity contribution in [2.75, 3.05) is 13.2 Å². The van der Waals surface area contributed by atoms with E-state index in [1.807, 2.05) is 0 Å². The highest BCUT2D eigenvalue weighted by molar-refractivity contribution is 5.81. The normalized spacial score (nSPS) is 17.6. The fourth-order valence-electron chi connectivity index (χ4n) is 4.04. The molecule has 1 rings (SSSR count). The lowest BCUT2D eigenvalue weighted by molar-refractivity contribution is -0.231. The van der Waals surface area contributed by atoms with Gasteiger partial charge in [-0.05, 0) is 19.3 Å². The summed E-state index contributed by atoms with van der Waals surface area (Å²) in [5.74, 6) is -1.63. The van der Waals surface area contributed by atoms with E-state index in [1.54, 1.807) is 0 Å². The van der Waals surface area contributed by atoms with E-state index in [2.05, 4.69) is 6.92 Å². The lowest BCUT2D eigenvalue weighted by Gasteiger charge is -2.30. The zero-order valence-corrected chi connectivity index (χ0v) is 18.7. The SMILES string of the molecule is CCCCCCCCCCCCCCCCC1(C(N)=O)OCCCCCCO1. The highest BCUT2D eigenvalue weighted by Gasteiger charge is 2.38. The molecule has 1 saturated heterocycles. The topological polar surface area (TPSA) is 61.6 Å². The van der Waals surface area contributed by atoms with Crippen LogP contribution in [0.2, 0.25) is 0 Å². The summed E-state index contributed by atoms with van der Waals surface area (Å²) >= 11 is 0. The van der Waals surface area contributed by atoms with Gasteiger partial charge in [0.2, 0.25) is 5.79 Å². The first-order chi connectivity index (χ1) is 13.7. The Balaban J connectivity index is 2.01. The summed E-state index contributed by atoms with van der Waals surface area (Å²) in [6.45, 7) is 3.42. The first-order valence-corrected chi connectivity index (χ1v) is 12.3. The van der Waals surface area contributed by atoms with E-state index in [9.17, 15) is 4.79 Å². The molecule has 1 aliphatic rings. The maximum atomic E-state index is 12.0. The van der Waals surface area contributed by atoms with Crippen LogP contribution in [-0.4, -0.2) is 24.9 Å². The molecule has 1 aliphatic heterocycles. The molecule has 0 atom stereocenters. The van der Waals surface area contributed by atoms with Crippen LogP contribution in [0.4, 0.5) is 0 Å². The Morgan fingerprint density at radius 2 is 1.07 bits per heavy atom. The lowest BCUT2D eigenvalue weighted by atomic mass is 10.0. The lowest BCUT2D eigenvalue weighted by Crippen LogP contribution is -2.49. The molecule has 0 spiro atoms. The van der Waals surface area contributed by atoms with Crippen LogP contribution >= 0.6 is 0 Å². The Kier molecular flexibility index (Phi) is 15.7. The van der Waals surface area contributed by atoms with Crippen molar-refractivity contribution in [3.05, 3.63) is 0 Å². The molecule has 4 heteroatoms. The molecular weight excluding hydrogens is 350 g/mol. The third-order valence-corrected chi connectivity index (χ3v) is 5.94.